The molecule has 1 aromatic carbocycles. The average Bonchev–Trinajstić information content (AvgIpc) is 3.44. The number of nitrogens with zero attached hydrogens (tertiary/aromatic N) is 4. The van der Waals surface area contributed by atoms with Crippen LogP contribution in [0.15, 0.2) is 59.8 Å². The largest absolute Gasteiger partial charge is 0.483 e. The minimum atomic E-state index is -3.81. The number of anilines is 1. The van der Waals surface area contributed by atoms with Crippen molar-refractivity contribution in [2.24, 2.45) is 0 Å². The van der Waals surface area contributed by atoms with Gasteiger partial charge in [-0.25, -0.2) is 12.4 Å². The van der Waals surface area contributed by atoms with Gasteiger partial charge < -0.3 is 14.9 Å². The summed E-state index contributed by atoms with van der Waals surface area (Å²) in [5.74, 6) is 0.0779. The van der Waals surface area contributed by atoms with Gasteiger partial charge in [0.05, 0.1) is 15.9 Å². The third kappa shape index (κ3) is 4.46. The molecule has 10 heteroatoms. The fraction of sp³-hybridized carbons (Fsp3) is 0.292. The summed E-state index contributed by atoms with van der Waals surface area (Å²) < 4.78 is 28.4. The summed E-state index contributed by atoms with van der Waals surface area (Å²) in [6.45, 7) is 2.18. The maximum atomic E-state index is 13.5. The molecule has 178 valence electrons. The van der Waals surface area contributed by atoms with E-state index in [0.717, 1.165) is 42.8 Å². The smallest absolute Gasteiger partial charge is 0.290 e. The Morgan fingerprint density at radius 3 is 2.44 bits per heavy atom. The summed E-state index contributed by atoms with van der Waals surface area (Å²) in [6.07, 6.45) is 7.76. The van der Waals surface area contributed by atoms with Crippen LogP contribution in [0.25, 0.3) is 16.6 Å². The number of carbonyl (C=O) groups is 2. The first-order chi connectivity index (χ1) is 16.4. The molecule has 1 amide bonds. The van der Waals surface area contributed by atoms with Crippen LogP contribution >= 0.6 is 0 Å². The van der Waals surface area contributed by atoms with Crippen LogP contribution in [-0.2, 0) is 19.6 Å². The predicted molar refractivity (Wildman–Crippen MR) is 129 cm³/mol. The van der Waals surface area contributed by atoms with Crippen molar-refractivity contribution in [3.8, 4) is 0 Å². The van der Waals surface area contributed by atoms with Gasteiger partial charge in [-0.05, 0) is 61.9 Å². The molecule has 5 rings (SSSR count). The summed E-state index contributed by atoms with van der Waals surface area (Å²) in [4.78, 5) is 29.0. The lowest BCUT2D eigenvalue weighted by molar-refractivity contribution is -0.123. The number of likely N-dealkylation sites (N-methyl/N-ethyl adjacent to an activating group) is 1. The van der Waals surface area contributed by atoms with Gasteiger partial charge in [-0.2, -0.15) is 0 Å². The van der Waals surface area contributed by atoms with Crippen LogP contribution in [0.2, 0.25) is 0 Å². The first kappa shape index (κ1) is 23.7. The number of carbonyl (C=O) groups excluding carboxylic acids is 1. The van der Waals surface area contributed by atoms with E-state index >= 15 is 0 Å². The second-order valence-corrected chi connectivity index (χ2v) is 10.0. The lowest BCUT2D eigenvalue weighted by atomic mass is 10.0. The minimum Gasteiger partial charge on any atom is -0.483 e. The van der Waals surface area contributed by atoms with E-state index in [9.17, 15) is 13.2 Å². The van der Waals surface area contributed by atoms with Crippen LogP contribution in [0.4, 0.5) is 5.69 Å². The van der Waals surface area contributed by atoms with Crippen molar-refractivity contribution >= 4 is 44.7 Å². The van der Waals surface area contributed by atoms with Crippen LogP contribution in [0, 0.1) is 0 Å². The number of hydrogen-bond donors (Lipinski definition) is 1. The van der Waals surface area contributed by atoms with Crippen molar-refractivity contribution in [3.05, 3.63) is 60.4 Å². The Hall–Kier alpha value is -3.50. The summed E-state index contributed by atoms with van der Waals surface area (Å²) >= 11 is 0. The number of pyridine rings is 1. The number of fused-ring (bicyclic) bond motifs is 1. The zero-order chi connectivity index (χ0) is 24.3. The van der Waals surface area contributed by atoms with E-state index in [1.54, 1.807) is 53.7 Å². The van der Waals surface area contributed by atoms with Gasteiger partial charge in [-0.3, -0.25) is 14.6 Å². The van der Waals surface area contributed by atoms with E-state index < -0.39 is 10.0 Å². The van der Waals surface area contributed by atoms with Gasteiger partial charge >= 0.3 is 0 Å². The van der Waals surface area contributed by atoms with Gasteiger partial charge in [0.25, 0.3) is 16.5 Å². The van der Waals surface area contributed by atoms with E-state index in [4.69, 9.17) is 9.90 Å². The molecule has 2 aliphatic heterocycles. The van der Waals surface area contributed by atoms with Crippen LogP contribution in [0.3, 0.4) is 0 Å². The van der Waals surface area contributed by atoms with Crippen LogP contribution < -0.4 is 4.90 Å². The summed E-state index contributed by atoms with van der Waals surface area (Å²) in [5, 5.41) is 6.89. The SMILES string of the molecule is CN1CC=C(c2cn(S(=O)(=O)c3ccc(N4CCCC4=O)cc3)c3cccnc23)CC1.O=CO. The van der Waals surface area contributed by atoms with Crippen molar-refractivity contribution < 1.29 is 23.1 Å². The molecular formula is C24H26N4O5S. The Balaban J connectivity index is 0.000000868. The van der Waals surface area contributed by atoms with Gasteiger partial charge in [0, 0.05) is 49.7 Å². The summed E-state index contributed by atoms with van der Waals surface area (Å²) in [6, 6.07) is 10.1. The van der Waals surface area contributed by atoms with Gasteiger partial charge in [-0.1, -0.05) is 6.08 Å². The third-order valence-corrected chi connectivity index (χ3v) is 7.75. The molecule has 4 heterocycles. The third-order valence-electron chi connectivity index (χ3n) is 6.06. The summed E-state index contributed by atoms with van der Waals surface area (Å²) in [7, 11) is -1.74. The Bertz CT molecular complexity index is 1350. The topological polar surface area (TPSA) is 113 Å². The van der Waals surface area contributed by atoms with Crippen molar-refractivity contribution in [2.45, 2.75) is 24.2 Å². The van der Waals surface area contributed by atoms with Crippen molar-refractivity contribution in [1.29, 1.82) is 0 Å². The quantitative estimate of drug-likeness (QED) is 0.569. The van der Waals surface area contributed by atoms with Crippen molar-refractivity contribution in [2.75, 3.05) is 31.6 Å². The molecule has 0 unspecified atom stereocenters. The lowest BCUT2D eigenvalue weighted by Crippen LogP contribution is -2.23. The van der Waals surface area contributed by atoms with Crippen LogP contribution in [0.5, 0.6) is 0 Å². The normalized spacial score (nSPS) is 16.8. The molecule has 1 N–H and O–H groups in total. The zero-order valence-corrected chi connectivity index (χ0v) is 19.6. The standard InChI is InChI=1S/C23H24N4O3S.CH2O2/c1-25-14-10-17(11-15-25)20-16-27(21-4-2-12-24-23(20)21)31(29,30)19-8-6-18(7-9-19)26-13-3-5-22(26)28;2-1-3/h2,4,6-10,12,16H,3,5,11,13-15H2,1H3;1H,(H,2,3). The van der Waals surface area contributed by atoms with Gasteiger partial charge in [0.2, 0.25) is 5.91 Å². The van der Waals surface area contributed by atoms with Gasteiger partial charge in [-0.15, -0.1) is 0 Å². The van der Waals surface area contributed by atoms with E-state index in [0.29, 0.717) is 24.0 Å². The second-order valence-electron chi connectivity index (χ2n) is 8.20. The molecule has 2 aromatic heterocycles. The van der Waals surface area contributed by atoms with E-state index in [2.05, 4.69) is 23.0 Å². The van der Waals surface area contributed by atoms with Crippen LogP contribution in [-0.4, -0.2) is 66.4 Å². The molecule has 1 fully saturated rings. The molecule has 0 radical (unpaired) electrons. The highest BCUT2D eigenvalue weighted by Gasteiger charge is 2.25. The monoisotopic (exact) mass is 482 g/mol. The Labute approximate surface area is 198 Å². The molecule has 9 nitrogen and oxygen atoms in total. The maximum Gasteiger partial charge on any atom is 0.290 e. The summed E-state index contributed by atoms with van der Waals surface area (Å²) in [5.41, 5.74) is 3.99. The van der Waals surface area contributed by atoms with E-state index in [1.807, 2.05) is 0 Å². The number of hydrogen-bond acceptors (Lipinski definition) is 6. The molecule has 0 spiro atoms. The van der Waals surface area contributed by atoms with Gasteiger partial charge in [0.15, 0.2) is 0 Å². The first-order valence-electron chi connectivity index (χ1n) is 10.9. The molecule has 1 saturated heterocycles. The fourth-order valence-electron chi connectivity index (χ4n) is 4.31. The average molecular weight is 483 g/mol. The molecule has 0 aliphatic carbocycles. The van der Waals surface area contributed by atoms with Crippen molar-refractivity contribution in [3.63, 3.8) is 0 Å². The van der Waals surface area contributed by atoms with E-state index in [-0.39, 0.29) is 17.3 Å². The van der Waals surface area contributed by atoms with Crippen molar-refractivity contribution in [1.82, 2.24) is 13.9 Å². The number of benzene rings is 1. The Kier molecular flexibility index (Phi) is 6.80. The van der Waals surface area contributed by atoms with E-state index in [1.165, 1.54) is 3.97 Å². The molecule has 0 saturated carbocycles. The predicted octanol–water partition coefficient (Wildman–Crippen LogP) is 2.82. The highest BCUT2D eigenvalue weighted by molar-refractivity contribution is 7.90. The number of carboxylic acid groups (broad SMARTS) is 1. The zero-order valence-electron chi connectivity index (χ0n) is 18.8. The molecule has 2 aliphatic rings. The van der Waals surface area contributed by atoms with Gasteiger partial charge in [0.1, 0.15) is 0 Å². The number of rotatable bonds is 4. The second kappa shape index (κ2) is 9.78. The molecule has 3 aromatic rings. The number of aromatic nitrogens is 2. The number of amides is 1. The lowest BCUT2D eigenvalue weighted by Gasteiger charge is -2.21. The molecule has 34 heavy (non-hydrogen) atoms. The highest BCUT2D eigenvalue weighted by Crippen LogP contribution is 2.32. The molecule has 0 atom stereocenters. The molecule has 0 bridgehead atoms. The minimum absolute atomic E-state index is 0.0779. The van der Waals surface area contributed by atoms with Crippen LogP contribution in [0.1, 0.15) is 24.8 Å². The Morgan fingerprint density at radius 2 is 1.82 bits per heavy atom. The first-order valence-corrected chi connectivity index (χ1v) is 12.4. The highest BCUT2D eigenvalue weighted by atomic mass is 32.2. The molecular weight excluding hydrogens is 456 g/mol. The maximum absolute atomic E-state index is 13.5. The fourth-order valence-corrected chi connectivity index (χ4v) is 5.67. The Morgan fingerprint density at radius 1 is 1.09 bits per heavy atom.